The van der Waals surface area contributed by atoms with Gasteiger partial charge in [0.2, 0.25) is 5.88 Å². The lowest BCUT2D eigenvalue weighted by atomic mass is 10.0. The van der Waals surface area contributed by atoms with Crippen molar-refractivity contribution in [3.05, 3.63) is 11.9 Å². The van der Waals surface area contributed by atoms with Crippen molar-refractivity contribution >= 4 is 17.4 Å². The van der Waals surface area contributed by atoms with Crippen LogP contribution >= 0.6 is 11.6 Å². The van der Waals surface area contributed by atoms with Gasteiger partial charge in [0.25, 0.3) is 0 Å². The fourth-order valence-electron chi connectivity index (χ4n) is 2.19. The molecule has 0 bridgehead atoms. The molecule has 5 heteroatoms. The van der Waals surface area contributed by atoms with Crippen molar-refractivity contribution < 1.29 is 4.74 Å². The summed E-state index contributed by atoms with van der Waals surface area (Å²) in [5.41, 5.74) is 0. The predicted octanol–water partition coefficient (Wildman–Crippen LogP) is 2.25. The third-order valence-electron chi connectivity index (χ3n) is 3.07. The highest BCUT2D eigenvalue weighted by Crippen LogP contribution is 2.24. The SMILES string of the molecule is COc1cc(N2CCCC(CCl)C2)nc(C)n1. The lowest BCUT2D eigenvalue weighted by Gasteiger charge is -2.32. The molecule has 0 N–H and O–H groups in total. The molecule has 1 aliphatic heterocycles. The van der Waals surface area contributed by atoms with Gasteiger partial charge in [0.15, 0.2) is 0 Å². The molecule has 0 spiro atoms. The first-order valence-electron chi connectivity index (χ1n) is 5.93. The maximum atomic E-state index is 5.94. The summed E-state index contributed by atoms with van der Waals surface area (Å²) in [7, 11) is 1.63. The Morgan fingerprint density at radius 1 is 1.53 bits per heavy atom. The Balaban J connectivity index is 2.18. The molecule has 0 saturated carbocycles. The maximum Gasteiger partial charge on any atom is 0.218 e. The molecule has 1 atom stereocenters. The third kappa shape index (κ3) is 3.00. The van der Waals surface area contributed by atoms with Gasteiger partial charge in [0, 0.05) is 25.0 Å². The molecule has 1 fully saturated rings. The van der Waals surface area contributed by atoms with Crippen molar-refractivity contribution in [2.75, 3.05) is 31.0 Å². The topological polar surface area (TPSA) is 38.2 Å². The van der Waals surface area contributed by atoms with Crippen molar-refractivity contribution in [1.29, 1.82) is 0 Å². The van der Waals surface area contributed by atoms with E-state index in [0.717, 1.165) is 30.6 Å². The van der Waals surface area contributed by atoms with Gasteiger partial charge >= 0.3 is 0 Å². The zero-order valence-electron chi connectivity index (χ0n) is 10.3. The third-order valence-corrected chi connectivity index (χ3v) is 3.51. The van der Waals surface area contributed by atoms with Crippen LogP contribution in [0.15, 0.2) is 6.07 Å². The number of rotatable bonds is 3. The average Bonchev–Trinajstić information content (AvgIpc) is 2.38. The van der Waals surface area contributed by atoms with E-state index in [1.54, 1.807) is 7.11 Å². The Morgan fingerprint density at radius 2 is 2.35 bits per heavy atom. The summed E-state index contributed by atoms with van der Waals surface area (Å²) >= 11 is 5.94. The lowest BCUT2D eigenvalue weighted by molar-refractivity contribution is 0.394. The van der Waals surface area contributed by atoms with Crippen LogP contribution in [0.4, 0.5) is 5.82 Å². The predicted molar refractivity (Wildman–Crippen MR) is 69.0 cm³/mol. The molecule has 0 aromatic carbocycles. The molecule has 4 nitrogen and oxygen atoms in total. The number of methoxy groups -OCH3 is 1. The van der Waals surface area contributed by atoms with Crippen LogP contribution in [-0.4, -0.2) is 36.0 Å². The zero-order valence-corrected chi connectivity index (χ0v) is 11.1. The van der Waals surface area contributed by atoms with E-state index in [1.807, 2.05) is 13.0 Å². The van der Waals surface area contributed by atoms with Gasteiger partial charge in [-0.05, 0) is 25.7 Å². The van der Waals surface area contributed by atoms with E-state index in [-0.39, 0.29) is 0 Å². The van der Waals surface area contributed by atoms with E-state index in [4.69, 9.17) is 16.3 Å². The Kier molecular flexibility index (Phi) is 4.05. The summed E-state index contributed by atoms with van der Waals surface area (Å²) in [5.74, 6) is 3.60. The minimum absolute atomic E-state index is 0.562. The van der Waals surface area contributed by atoms with Crippen LogP contribution in [0.3, 0.4) is 0 Å². The van der Waals surface area contributed by atoms with E-state index < -0.39 is 0 Å². The van der Waals surface area contributed by atoms with Gasteiger partial charge in [-0.25, -0.2) is 4.98 Å². The van der Waals surface area contributed by atoms with E-state index in [9.17, 15) is 0 Å². The van der Waals surface area contributed by atoms with Gasteiger partial charge in [-0.3, -0.25) is 0 Å². The summed E-state index contributed by atoms with van der Waals surface area (Å²) < 4.78 is 5.18. The highest BCUT2D eigenvalue weighted by atomic mass is 35.5. The molecule has 17 heavy (non-hydrogen) atoms. The lowest BCUT2D eigenvalue weighted by Crippen LogP contribution is -2.36. The van der Waals surface area contributed by atoms with E-state index >= 15 is 0 Å². The number of anilines is 1. The molecule has 1 saturated heterocycles. The van der Waals surface area contributed by atoms with Gasteiger partial charge in [-0.1, -0.05) is 0 Å². The molecule has 2 rings (SSSR count). The molecule has 94 valence electrons. The van der Waals surface area contributed by atoms with Crippen LogP contribution in [0, 0.1) is 12.8 Å². The number of hydrogen-bond acceptors (Lipinski definition) is 4. The molecule has 2 heterocycles. The molecule has 1 aliphatic rings. The van der Waals surface area contributed by atoms with Gasteiger partial charge in [-0.2, -0.15) is 4.98 Å². The summed E-state index contributed by atoms with van der Waals surface area (Å²) in [5, 5.41) is 0. The summed E-state index contributed by atoms with van der Waals surface area (Å²) in [6.07, 6.45) is 2.38. The monoisotopic (exact) mass is 255 g/mol. The van der Waals surface area contributed by atoms with E-state index in [2.05, 4.69) is 14.9 Å². The Morgan fingerprint density at radius 3 is 3.06 bits per heavy atom. The van der Waals surface area contributed by atoms with Gasteiger partial charge in [-0.15, -0.1) is 11.6 Å². The van der Waals surface area contributed by atoms with Crippen LogP contribution in [0.5, 0.6) is 5.88 Å². The van der Waals surface area contributed by atoms with Crippen molar-refractivity contribution in [1.82, 2.24) is 9.97 Å². The van der Waals surface area contributed by atoms with Gasteiger partial charge in [0.1, 0.15) is 11.6 Å². The first kappa shape index (κ1) is 12.4. The first-order chi connectivity index (χ1) is 8.22. The van der Waals surface area contributed by atoms with Crippen LogP contribution < -0.4 is 9.64 Å². The number of aromatic nitrogens is 2. The summed E-state index contributed by atoms with van der Waals surface area (Å²) in [4.78, 5) is 10.9. The molecular weight excluding hydrogens is 238 g/mol. The zero-order chi connectivity index (χ0) is 12.3. The van der Waals surface area contributed by atoms with Crippen LogP contribution in [0.1, 0.15) is 18.7 Å². The van der Waals surface area contributed by atoms with E-state index in [0.29, 0.717) is 11.8 Å². The Hall–Kier alpha value is -1.03. The minimum Gasteiger partial charge on any atom is -0.481 e. The Bertz CT molecular complexity index is 386. The van der Waals surface area contributed by atoms with Crippen molar-refractivity contribution in [2.45, 2.75) is 19.8 Å². The quantitative estimate of drug-likeness (QED) is 0.777. The molecule has 0 aliphatic carbocycles. The maximum absolute atomic E-state index is 5.94. The number of ether oxygens (including phenoxy) is 1. The highest BCUT2D eigenvalue weighted by molar-refractivity contribution is 6.18. The van der Waals surface area contributed by atoms with Crippen molar-refractivity contribution in [3.63, 3.8) is 0 Å². The van der Waals surface area contributed by atoms with Crippen LogP contribution in [0.2, 0.25) is 0 Å². The van der Waals surface area contributed by atoms with Gasteiger partial charge in [0.05, 0.1) is 7.11 Å². The normalized spacial score (nSPS) is 20.4. The number of piperidine rings is 1. The smallest absolute Gasteiger partial charge is 0.218 e. The van der Waals surface area contributed by atoms with Crippen LogP contribution in [0.25, 0.3) is 0 Å². The molecule has 1 unspecified atom stereocenters. The minimum atomic E-state index is 0.562. The van der Waals surface area contributed by atoms with Crippen molar-refractivity contribution in [3.8, 4) is 5.88 Å². The van der Waals surface area contributed by atoms with Crippen molar-refractivity contribution in [2.24, 2.45) is 5.92 Å². The Labute approximate surface area is 107 Å². The molecular formula is C12H18ClN3O. The molecule has 0 amide bonds. The van der Waals surface area contributed by atoms with E-state index in [1.165, 1.54) is 12.8 Å². The molecule has 1 aromatic heterocycles. The highest BCUT2D eigenvalue weighted by Gasteiger charge is 2.20. The largest absolute Gasteiger partial charge is 0.481 e. The van der Waals surface area contributed by atoms with Gasteiger partial charge < -0.3 is 9.64 Å². The number of halogens is 1. The number of nitrogens with zero attached hydrogens (tertiary/aromatic N) is 3. The fraction of sp³-hybridized carbons (Fsp3) is 0.667. The second-order valence-corrected chi connectivity index (χ2v) is 4.73. The number of aryl methyl sites for hydroxylation is 1. The second-order valence-electron chi connectivity index (χ2n) is 4.42. The second kappa shape index (κ2) is 5.54. The summed E-state index contributed by atoms with van der Waals surface area (Å²) in [6, 6.07) is 1.89. The fourth-order valence-corrected chi connectivity index (χ4v) is 2.44. The number of hydrogen-bond donors (Lipinski definition) is 0. The average molecular weight is 256 g/mol. The number of alkyl halides is 1. The summed E-state index contributed by atoms with van der Waals surface area (Å²) in [6.45, 7) is 3.89. The standard InChI is InChI=1S/C12H18ClN3O/c1-9-14-11(6-12(15-9)17-2)16-5-3-4-10(7-13)8-16/h6,10H,3-5,7-8H2,1-2H3. The van der Waals surface area contributed by atoms with Crippen LogP contribution in [-0.2, 0) is 0 Å². The first-order valence-corrected chi connectivity index (χ1v) is 6.47. The molecule has 0 radical (unpaired) electrons. The molecule has 1 aromatic rings.